The van der Waals surface area contributed by atoms with Gasteiger partial charge in [-0.15, -0.1) is 37.2 Å². The first kappa shape index (κ1) is 23.5. The molecule has 0 atom stereocenters. The summed E-state index contributed by atoms with van der Waals surface area (Å²) in [5.74, 6) is 0. The van der Waals surface area contributed by atoms with Crippen molar-refractivity contribution in [2.24, 2.45) is 11.5 Å². The zero-order chi connectivity index (χ0) is 7.66. The smallest absolute Gasteiger partial charge is 0.00772 e. The summed E-state index contributed by atoms with van der Waals surface area (Å²) in [4.78, 5) is 0. The number of rotatable bonds is 7. The molecule has 13 heavy (non-hydrogen) atoms. The van der Waals surface area contributed by atoms with Gasteiger partial charge in [-0.05, 0) is 0 Å². The van der Waals surface area contributed by atoms with Crippen LogP contribution in [-0.2, 0) is 0 Å². The van der Waals surface area contributed by atoms with E-state index >= 15 is 0 Å². The third kappa shape index (κ3) is 24.5. The van der Waals surface area contributed by atoms with Crippen LogP contribution in [0.25, 0.3) is 0 Å². The van der Waals surface area contributed by atoms with Gasteiger partial charge in [-0.2, -0.15) is 0 Å². The molecule has 0 aromatic carbocycles. The van der Waals surface area contributed by atoms with Gasteiger partial charge in [0.25, 0.3) is 0 Å². The Labute approximate surface area is 98.8 Å². The molecule has 4 nitrogen and oxygen atoms in total. The van der Waals surface area contributed by atoms with Gasteiger partial charge in [-0.1, -0.05) is 0 Å². The second-order valence-electron chi connectivity index (χ2n) is 2.08. The summed E-state index contributed by atoms with van der Waals surface area (Å²) in [6.07, 6.45) is 0. The Morgan fingerprint density at radius 2 is 0.923 bits per heavy atom. The van der Waals surface area contributed by atoms with Crippen molar-refractivity contribution in [1.82, 2.24) is 10.6 Å². The highest BCUT2D eigenvalue weighted by Crippen LogP contribution is 1.57. The van der Waals surface area contributed by atoms with Crippen molar-refractivity contribution in [3.8, 4) is 0 Å². The number of hydrogen-bond donors (Lipinski definition) is 4. The highest BCUT2D eigenvalue weighted by Gasteiger charge is 1.83. The molecule has 0 fully saturated rings. The fourth-order valence-electron chi connectivity index (χ4n) is 0.631. The average Bonchev–Trinajstić information content (AvgIpc) is 1.97. The van der Waals surface area contributed by atoms with Crippen LogP contribution in [0.1, 0.15) is 0 Å². The van der Waals surface area contributed by atoms with Crippen LogP contribution in [0.5, 0.6) is 0 Å². The summed E-state index contributed by atoms with van der Waals surface area (Å²) in [5, 5.41) is 6.33. The van der Waals surface area contributed by atoms with Gasteiger partial charge in [0.2, 0.25) is 0 Å². The molecule has 0 aliphatic carbocycles. The fraction of sp³-hybridized carbons (Fsp3) is 1.00. The van der Waals surface area contributed by atoms with Crippen LogP contribution < -0.4 is 22.1 Å². The standard InChI is InChI=1S/C6H18N4.3ClH/c7-1-3-9-5-6-10-4-2-8;;;/h9-10H,1-8H2;3*1H. The minimum absolute atomic E-state index is 0. The molecule has 0 aliphatic rings. The van der Waals surface area contributed by atoms with Crippen molar-refractivity contribution >= 4 is 37.2 Å². The van der Waals surface area contributed by atoms with Gasteiger partial charge >= 0.3 is 0 Å². The van der Waals surface area contributed by atoms with E-state index in [1.807, 2.05) is 0 Å². The van der Waals surface area contributed by atoms with E-state index in [1.54, 1.807) is 0 Å². The molecule has 0 heterocycles. The summed E-state index contributed by atoms with van der Waals surface area (Å²) in [7, 11) is 0. The molecule has 0 aromatic rings. The average molecular weight is 256 g/mol. The molecule has 0 rings (SSSR count). The summed E-state index contributed by atoms with van der Waals surface area (Å²) in [5.41, 5.74) is 10.5. The van der Waals surface area contributed by atoms with Crippen LogP contribution in [0.15, 0.2) is 0 Å². The summed E-state index contributed by atoms with van der Waals surface area (Å²) in [6, 6.07) is 0. The van der Waals surface area contributed by atoms with Crippen LogP contribution in [-0.4, -0.2) is 39.3 Å². The Morgan fingerprint density at radius 1 is 0.615 bits per heavy atom. The number of hydrogen-bond acceptors (Lipinski definition) is 4. The molecular weight excluding hydrogens is 234 g/mol. The van der Waals surface area contributed by atoms with E-state index < -0.39 is 0 Å². The lowest BCUT2D eigenvalue weighted by Crippen LogP contribution is -2.32. The molecule has 0 radical (unpaired) electrons. The molecule has 0 unspecified atom stereocenters. The molecule has 6 N–H and O–H groups in total. The molecule has 0 amide bonds. The van der Waals surface area contributed by atoms with E-state index in [1.165, 1.54) is 0 Å². The molecule has 0 spiro atoms. The van der Waals surface area contributed by atoms with Crippen LogP contribution in [0.2, 0.25) is 0 Å². The van der Waals surface area contributed by atoms with Crippen molar-refractivity contribution in [2.75, 3.05) is 39.3 Å². The third-order valence-electron chi connectivity index (χ3n) is 1.12. The van der Waals surface area contributed by atoms with Crippen molar-refractivity contribution in [3.63, 3.8) is 0 Å². The first-order valence-corrected chi connectivity index (χ1v) is 3.73. The van der Waals surface area contributed by atoms with E-state index in [0.29, 0.717) is 13.1 Å². The predicted molar refractivity (Wildman–Crippen MR) is 65.6 cm³/mol. The molecule has 7 heteroatoms. The first-order chi connectivity index (χ1) is 4.91. The summed E-state index contributed by atoms with van der Waals surface area (Å²) < 4.78 is 0. The Morgan fingerprint density at radius 3 is 1.15 bits per heavy atom. The van der Waals surface area contributed by atoms with Crippen LogP contribution in [0.3, 0.4) is 0 Å². The summed E-state index contributed by atoms with van der Waals surface area (Å²) >= 11 is 0. The minimum atomic E-state index is 0. The van der Waals surface area contributed by atoms with Gasteiger partial charge in [0.05, 0.1) is 0 Å². The quantitative estimate of drug-likeness (QED) is 0.456. The fourth-order valence-corrected chi connectivity index (χ4v) is 0.631. The van der Waals surface area contributed by atoms with Gasteiger partial charge in [-0.3, -0.25) is 0 Å². The maximum atomic E-state index is 5.27. The van der Waals surface area contributed by atoms with Crippen LogP contribution >= 0.6 is 37.2 Å². The molecule has 0 saturated carbocycles. The van der Waals surface area contributed by atoms with E-state index in [0.717, 1.165) is 26.2 Å². The topological polar surface area (TPSA) is 76.1 Å². The lowest BCUT2D eigenvalue weighted by atomic mass is 10.5. The zero-order valence-electron chi connectivity index (χ0n) is 7.62. The molecule has 0 aromatic heterocycles. The lowest BCUT2D eigenvalue weighted by Gasteiger charge is -2.03. The number of nitrogens with two attached hydrogens (primary N) is 2. The third-order valence-corrected chi connectivity index (χ3v) is 1.12. The van der Waals surface area contributed by atoms with Crippen molar-refractivity contribution in [3.05, 3.63) is 0 Å². The summed E-state index contributed by atoms with van der Waals surface area (Å²) in [6.45, 7) is 5.14. The van der Waals surface area contributed by atoms with Gasteiger partial charge in [0.15, 0.2) is 0 Å². The number of halogens is 3. The maximum absolute atomic E-state index is 5.27. The van der Waals surface area contributed by atoms with Crippen LogP contribution in [0, 0.1) is 0 Å². The SMILES string of the molecule is Cl.Cl.Cl.NCCNCCNCCN. The molecule has 0 saturated heterocycles. The second kappa shape index (κ2) is 23.0. The first-order valence-electron chi connectivity index (χ1n) is 3.73. The molecule has 86 valence electrons. The van der Waals surface area contributed by atoms with E-state index in [2.05, 4.69) is 10.6 Å². The van der Waals surface area contributed by atoms with Crippen molar-refractivity contribution in [2.45, 2.75) is 0 Å². The highest BCUT2D eigenvalue weighted by atomic mass is 35.5. The van der Waals surface area contributed by atoms with E-state index in [-0.39, 0.29) is 37.2 Å². The van der Waals surface area contributed by atoms with E-state index in [4.69, 9.17) is 11.5 Å². The lowest BCUT2D eigenvalue weighted by molar-refractivity contribution is 0.618. The Balaban J connectivity index is -0.000000135. The van der Waals surface area contributed by atoms with Crippen molar-refractivity contribution < 1.29 is 0 Å². The van der Waals surface area contributed by atoms with Gasteiger partial charge in [-0.25, -0.2) is 0 Å². The Bertz CT molecular complexity index is 59.8. The van der Waals surface area contributed by atoms with Crippen LogP contribution in [0.4, 0.5) is 0 Å². The maximum Gasteiger partial charge on any atom is 0.00772 e. The molecule has 0 aliphatic heterocycles. The minimum Gasteiger partial charge on any atom is -0.329 e. The molecular formula is C6H21Cl3N4. The predicted octanol–water partition coefficient (Wildman–Crippen LogP) is -0.652. The highest BCUT2D eigenvalue weighted by molar-refractivity contribution is 5.86. The Kier molecular flexibility index (Phi) is 41.5. The van der Waals surface area contributed by atoms with Gasteiger partial charge < -0.3 is 22.1 Å². The van der Waals surface area contributed by atoms with Crippen molar-refractivity contribution in [1.29, 1.82) is 0 Å². The normalized spacial score (nSPS) is 7.85. The van der Waals surface area contributed by atoms with Gasteiger partial charge in [0, 0.05) is 39.3 Å². The number of nitrogens with one attached hydrogen (secondary N) is 2. The molecule has 0 bridgehead atoms. The zero-order valence-corrected chi connectivity index (χ0v) is 10.1. The second-order valence-corrected chi connectivity index (χ2v) is 2.08. The van der Waals surface area contributed by atoms with E-state index in [9.17, 15) is 0 Å². The van der Waals surface area contributed by atoms with Gasteiger partial charge in [0.1, 0.15) is 0 Å². The largest absolute Gasteiger partial charge is 0.329 e. The monoisotopic (exact) mass is 254 g/mol. The Hall–Kier alpha value is 0.710.